The fourth-order valence-electron chi connectivity index (χ4n) is 2.22. The van der Waals surface area contributed by atoms with Gasteiger partial charge >= 0.3 is 0 Å². The van der Waals surface area contributed by atoms with Crippen LogP contribution in [0, 0.1) is 5.41 Å². The first-order valence-corrected chi connectivity index (χ1v) is 7.77. The minimum atomic E-state index is -0.945. The van der Waals surface area contributed by atoms with E-state index < -0.39 is 5.41 Å². The molecule has 1 aliphatic carbocycles. The molecule has 22 heavy (non-hydrogen) atoms. The van der Waals surface area contributed by atoms with Crippen LogP contribution in [0.3, 0.4) is 0 Å². The molecule has 0 aliphatic heterocycles. The van der Waals surface area contributed by atoms with Gasteiger partial charge in [-0.1, -0.05) is 15.9 Å². The van der Waals surface area contributed by atoms with E-state index in [1.807, 2.05) is 12.1 Å². The SMILES string of the molecule is O=C(NCc1ccco1)C1(C(=O)Nc2ccc(Br)cc2)CC1. The highest BCUT2D eigenvalue weighted by Crippen LogP contribution is 2.46. The van der Waals surface area contributed by atoms with Crippen LogP contribution < -0.4 is 10.6 Å². The van der Waals surface area contributed by atoms with E-state index in [1.165, 1.54) is 0 Å². The first kappa shape index (κ1) is 14.8. The van der Waals surface area contributed by atoms with E-state index >= 15 is 0 Å². The number of furan rings is 1. The van der Waals surface area contributed by atoms with Crippen LogP contribution in [0.15, 0.2) is 51.6 Å². The van der Waals surface area contributed by atoms with Crippen molar-refractivity contribution in [3.05, 3.63) is 52.9 Å². The predicted molar refractivity (Wildman–Crippen MR) is 85.0 cm³/mol. The number of rotatable bonds is 5. The van der Waals surface area contributed by atoms with Crippen molar-refractivity contribution in [2.45, 2.75) is 19.4 Å². The van der Waals surface area contributed by atoms with E-state index in [0.29, 0.717) is 30.8 Å². The maximum Gasteiger partial charge on any atom is 0.240 e. The van der Waals surface area contributed by atoms with Gasteiger partial charge in [0.1, 0.15) is 11.2 Å². The number of anilines is 1. The Hall–Kier alpha value is -2.08. The summed E-state index contributed by atoms with van der Waals surface area (Å²) in [5.74, 6) is 0.155. The Labute approximate surface area is 136 Å². The standard InChI is InChI=1S/C16H15BrN2O3/c17-11-3-5-12(6-4-11)19-15(21)16(7-8-16)14(20)18-10-13-2-1-9-22-13/h1-6,9H,7-8,10H2,(H,18,20)(H,19,21). The number of halogens is 1. The van der Waals surface area contributed by atoms with Gasteiger partial charge < -0.3 is 15.1 Å². The van der Waals surface area contributed by atoms with Crippen molar-refractivity contribution in [1.82, 2.24) is 5.32 Å². The normalized spacial score (nSPS) is 15.1. The Morgan fingerprint density at radius 3 is 2.45 bits per heavy atom. The van der Waals surface area contributed by atoms with Crippen molar-refractivity contribution in [1.29, 1.82) is 0 Å². The molecule has 1 aromatic heterocycles. The minimum Gasteiger partial charge on any atom is -0.467 e. The van der Waals surface area contributed by atoms with Crippen LogP contribution in [0.1, 0.15) is 18.6 Å². The maximum atomic E-state index is 12.4. The fourth-order valence-corrected chi connectivity index (χ4v) is 2.48. The second-order valence-corrected chi connectivity index (χ2v) is 6.22. The van der Waals surface area contributed by atoms with Gasteiger partial charge in [0.25, 0.3) is 0 Å². The molecule has 2 N–H and O–H groups in total. The predicted octanol–water partition coefficient (Wildman–Crippen LogP) is 3.08. The van der Waals surface area contributed by atoms with Crippen molar-refractivity contribution in [2.24, 2.45) is 5.41 Å². The van der Waals surface area contributed by atoms with Gasteiger partial charge in [0.2, 0.25) is 11.8 Å². The Bertz CT molecular complexity index is 676. The molecule has 5 nitrogen and oxygen atoms in total. The number of hydrogen-bond acceptors (Lipinski definition) is 3. The zero-order valence-corrected chi connectivity index (χ0v) is 13.4. The largest absolute Gasteiger partial charge is 0.467 e. The minimum absolute atomic E-state index is 0.251. The first-order valence-electron chi connectivity index (χ1n) is 6.98. The molecule has 114 valence electrons. The van der Waals surface area contributed by atoms with Gasteiger partial charge in [-0.3, -0.25) is 9.59 Å². The molecule has 6 heteroatoms. The highest BCUT2D eigenvalue weighted by atomic mass is 79.9. The molecule has 0 saturated heterocycles. The number of carbonyl (C=O) groups is 2. The summed E-state index contributed by atoms with van der Waals surface area (Å²) in [5.41, 5.74) is -0.266. The Morgan fingerprint density at radius 2 is 1.86 bits per heavy atom. The van der Waals surface area contributed by atoms with E-state index in [0.717, 1.165) is 4.47 Å². The zero-order valence-electron chi connectivity index (χ0n) is 11.8. The second kappa shape index (κ2) is 5.96. The van der Waals surface area contributed by atoms with E-state index in [2.05, 4.69) is 26.6 Å². The van der Waals surface area contributed by atoms with Crippen LogP contribution in [0.25, 0.3) is 0 Å². The third-order valence-corrected chi connectivity index (χ3v) is 4.25. The summed E-state index contributed by atoms with van der Waals surface area (Å²) < 4.78 is 6.10. The number of amides is 2. The lowest BCUT2D eigenvalue weighted by atomic mass is 10.0. The molecular weight excluding hydrogens is 348 g/mol. The van der Waals surface area contributed by atoms with E-state index in [1.54, 1.807) is 30.5 Å². The number of hydrogen-bond donors (Lipinski definition) is 2. The fraction of sp³-hybridized carbons (Fsp3) is 0.250. The lowest BCUT2D eigenvalue weighted by molar-refractivity contribution is -0.134. The Morgan fingerprint density at radius 1 is 1.14 bits per heavy atom. The molecule has 1 aliphatic rings. The van der Waals surface area contributed by atoms with Crippen LogP contribution in [0.5, 0.6) is 0 Å². The molecule has 0 bridgehead atoms. The summed E-state index contributed by atoms with van der Waals surface area (Å²) >= 11 is 3.34. The van der Waals surface area contributed by atoms with Gasteiger partial charge in [0, 0.05) is 10.2 Å². The van der Waals surface area contributed by atoms with E-state index in [4.69, 9.17) is 4.42 Å². The average molecular weight is 363 g/mol. The highest BCUT2D eigenvalue weighted by molar-refractivity contribution is 9.10. The molecule has 0 radical (unpaired) electrons. The van der Waals surface area contributed by atoms with E-state index in [9.17, 15) is 9.59 Å². The van der Waals surface area contributed by atoms with Crippen molar-refractivity contribution < 1.29 is 14.0 Å². The molecule has 0 unspecified atom stereocenters. The van der Waals surface area contributed by atoms with Crippen LogP contribution in [-0.2, 0) is 16.1 Å². The number of carbonyl (C=O) groups excluding carboxylic acids is 2. The summed E-state index contributed by atoms with van der Waals surface area (Å²) in [7, 11) is 0. The molecule has 0 spiro atoms. The molecule has 1 saturated carbocycles. The summed E-state index contributed by atoms with van der Waals surface area (Å²) in [4.78, 5) is 24.7. The average Bonchev–Trinajstić information content (AvgIpc) is 3.17. The van der Waals surface area contributed by atoms with Gasteiger partial charge in [-0.25, -0.2) is 0 Å². The monoisotopic (exact) mass is 362 g/mol. The number of nitrogens with one attached hydrogen (secondary N) is 2. The molecule has 3 rings (SSSR count). The van der Waals surface area contributed by atoms with Gasteiger partial charge in [0.15, 0.2) is 0 Å². The van der Waals surface area contributed by atoms with Crippen molar-refractivity contribution in [2.75, 3.05) is 5.32 Å². The van der Waals surface area contributed by atoms with Crippen LogP contribution in [0.2, 0.25) is 0 Å². The van der Waals surface area contributed by atoms with Crippen molar-refractivity contribution in [3.8, 4) is 0 Å². The summed E-state index contributed by atoms with van der Waals surface area (Å²) in [6.45, 7) is 0.291. The topological polar surface area (TPSA) is 71.3 Å². The van der Waals surface area contributed by atoms with E-state index in [-0.39, 0.29) is 11.8 Å². The molecule has 1 fully saturated rings. The Balaban J connectivity index is 1.61. The lowest BCUT2D eigenvalue weighted by Gasteiger charge is -2.15. The first-order chi connectivity index (χ1) is 10.6. The second-order valence-electron chi connectivity index (χ2n) is 5.31. The van der Waals surface area contributed by atoms with Crippen LogP contribution >= 0.6 is 15.9 Å². The quantitative estimate of drug-likeness (QED) is 0.802. The molecule has 1 aromatic carbocycles. The highest BCUT2D eigenvalue weighted by Gasteiger charge is 2.56. The van der Waals surface area contributed by atoms with Gasteiger partial charge in [-0.05, 0) is 49.2 Å². The van der Waals surface area contributed by atoms with Crippen LogP contribution in [-0.4, -0.2) is 11.8 Å². The van der Waals surface area contributed by atoms with Gasteiger partial charge in [-0.2, -0.15) is 0 Å². The molecular formula is C16H15BrN2O3. The third-order valence-electron chi connectivity index (χ3n) is 3.72. The van der Waals surface area contributed by atoms with Gasteiger partial charge in [0.05, 0.1) is 12.8 Å². The molecule has 2 amide bonds. The smallest absolute Gasteiger partial charge is 0.240 e. The Kier molecular flexibility index (Phi) is 4.02. The van der Waals surface area contributed by atoms with Crippen LogP contribution in [0.4, 0.5) is 5.69 Å². The molecule has 2 aromatic rings. The summed E-state index contributed by atoms with van der Waals surface area (Å²) in [6, 6.07) is 10.8. The lowest BCUT2D eigenvalue weighted by Crippen LogP contribution is -2.39. The molecule has 0 atom stereocenters. The van der Waals surface area contributed by atoms with Crippen molar-refractivity contribution >= 4 is 33.4 Å². The third kappa shape index (κ3) is 3.06. The maximum absolute atomic E-state index is 12.4. The molecule has 1 heterocycles. The van der Waals surface area contributed by atoms with Crippen molar-refractivity contribution in [3.63, 3.8) is 0 Å². The summed E-state index contributed by atoms with van der Waals surface area (Å²) in [6.07, 6.45) is 2.69. The summed E-state index contributed by atoms with van der Waals surface area (Å²) in [5, 5.41) is 5.56. The van der Waals surface area contributed by atoms with Gasteiger partial charge in [-0.15, -0.1) is 0 Å². The number of benzene rings is 1. The zero-order chi connectivity index (χ0) is 15.6.